The maximum atomic E-state index is 10.7. The van der Waals surface area contributed by atoms with Crippen LogP contribution in [-0.2, 0) is 4.79 Å². The third kappa shape index (κ3) is 1.27. The average Bonchev–Trinajstić information content (AvgIpc) is 2.18. The number of hydrogen-bond donors (Lipinski definition) is 1. The van der Waals surface area contributed by atoms with Gasteiger partial charge >= 0.3 is 0 Å². The van der Waals surface area contributed by atoms with Crippen LogP contribution < -0.4 is 4.74 Å². The quantitative estimate of drug-likeness (QED) is 0.686. The number of phenolic OH excluding ortho intramolecular Hbond substituents is 1. The summed E-state index contributed by atoms with van der Waals surface area (Å²) >= 11 is 0. The number of phenols is 1. The zero-order valence-electron chi connectivity index (χ0n) is 7.78. The Morgan fingerprint density at radius 3 is 3.00 bits per heavy atom. The SMILES string of the molecule is CC1=C(C=O)COc2cc(O)ccc21. The van der Waals surface area contributed by atoms with Crippen molar-refractivity contribution in [2.45, 2.75) is 6.92 Å². The Hall–Kier alpha value is -1.77. The van der Waals surface area contributed by atoms with Gasteiger partial charge in [0.05, 0.1) is 0 Å². The smallest absolute Gasteiger partial charge is 0.149 e. The van der Waals surface area contributed by atoms with Gasteiger partial charge in [0.1, 0.15) is 24.4 Å². The van der Waals surface area contributed by atoms with Crippen LogP contribution >= 0.6 is 0 Å². The van der Waals surface area contributed by atoms with Crippen molar-refractivity contribution in [1.82, 2.24) is 0 Å². The first-order chi connectivity index (χ1) is 6.72. The van der Waals surface area contributed by atoms with E-state index in [1.54, 1.807) is 18.2 Å². The van der Waals surface area contributed by atoms with Gasteiger partial charge in [0.25, 0.3) is 0 Å². The molecule has 1 aliphatic rings. The summed E-state index contributed by atoms with van der Waals surface area (Å²) in [7, 11) is 0. The number of ether oxygens (including phenoxy) is 1. The lowest BCUT2D eigenvalue weighted by molar-refractivity contribution is -0.105. The molecule has 3 nitrogen and oxygen atoms in total. The summed E-state index contributed by atoms with van der Waals surface area (Å²) in [4.78, 5) is 10.7. The molecule has 2 rings (SSSR count). The van der Waals surface area contributed by atoms with E-state index >= 15 is 0 Å². The summed E-state index contributed by atoms with van der Waals surface area (Å²) < 4.78 is 5.33. The normalized spacial score (nSPS) is 14.6. The minimum Gasteiger partial charge on any atom is -0.508 e. The van der Waals surface area contributed by atoms with Gasteiger partial charge in [-0.15, -0.1) is 0 Å². The summed E-state index contributed by atoms with van der Waals surface area (Å²) in [5.41, 5.74) is 2.44. The molecule has 0 fully saturated rings. The maximum Gasteiger partial charge on any atom is 0.149 e. The minimum absolute atomic E-state index is 0.172. The molecule has 72 valence electrons. The zero-order valence-corrected chi connectivity index (χ0v) is 7.78. The number of allylic oxidation sites excluding steroid dienone is 1. The lowest BCUT2D eigenvalue weighted by Gasteiger charge is -2.19. The highest BCUT2D eigenvalue weighted by atomic mass is 16.5. The molecule has 0 unspecified atom stereocenters. The van der Waals surface area contributed by atoms with Crippen LogP contribution in [0.3, 0.4) is 0 Å². The van der Waals surface area contributed by atoms with Crippen molar-refractivity contribution in [2.75, 3.05) is 6.61 Å². The van der Waals surface area contributed by atoms with E-state index in [4.69, 9.17) is 4.74 Å². The molecular formula is C11H10O3. The van der Waals surface area contributed by atoms with E-state index < -0.39 is 0 Å². The van der Waals surface area contributed by atoms with Crippen molar-refractivity contribution in [3.63, 3.8) is 0 Å². The number of fused-ring (bicyclic) bond motifs is 1. The zero-order chi connectivity index (χ0) is 10.1. The predicted molar refractivity (Wildman–Crippen MR) is 52.3 cm³/mol. The van der Waals surface area contributed by atoms with Gasteiger partial charge in [-0.1, -0.05) is 0 Å². The van der Waals surface area contributed by atoms with Crippen LogP contribution in [-0.4, -0.2) is 18.0 Å². The third-order valence-electron chi connectivity index (χ3n) is 2.38. The van der Waals surface area contributed by atoms with Crippen molar-refractivity contribution in [1.29, 1.82) is 0 Å². The number of rotatable bonds is 1. The average molecular weight is 190 g/mol. The first kappa shape index (κ1) is 8.81. The van der Waals surface area contributed by atoms with E-state index in [1.807, 2.05) is 6.92 Å². The van der Waals surface area contributed by atoms with Crippen LogP contribution in [0.2, 0.25) is 0 Å². The summed E-state index contributed by atoms with van der Waals surface area (Å²) in [5, 5.41) is 9.23. The van der Waals surface area contributed by atoms with Gasteiger partial charge in [0.15, 0.2) is 0 Å². The monoisotopic (exact) mass is 190 g/mol. The van der Waals surface area contributed by atoms with Crippen molar-refractivity contribution in [3.8, 4) is 11.5 Å². The molecule has 1 heterocycles. The van der Waals surface area contributed by atoms with Crippen LogP contribution in [0.15, 0.2) is 23.8 Å². The molecule has 1 aliphatic heterocycles. The minimum atomic E-state index is 0.172. The van der Waals surface area contributed by atoms with E-state index in [-0.39, 0.29) is 12.4 Å². The standard InChI is InChI=1S/C11H10O3/c1-7-8(5-12)6-14-11-4-9(13)2-3-10(7)11/h2-5,13H,6H2,1H3. The van der Waals surface area contributed by atoms with Crippen molar-refractivity contribution in [2.24, 2.45) is 0 Å². The Labute approximate surface area is 81.6 Å². The largest absolute Gasteiger partial charge is 0.508 e. The van der Waals surface area contributed by atoms with Gasteiger partial charge < -0.3 is 9.84 Å². The lowest BCUT2D eigenvalue weighted by Crippen LogP contribution is -2.10. The molecule has 0 radical (unpaired) electrons. The Bertz CT molecular complexity index is 419. The fourth-order valence-corrected chi connectivity index (χ4v) is 1.50. The lowest BCUT2D eigenvalue weighted by atomic mass is 9.99. The molecule has 0 aliphatic carbocycles. The number of benzene rings is 1. The molecule has 0 saturated carbocycles. The molecular weight excluding hydrogens is 180 g/mol. The molecule has 0 bridgehead atoms. The summed E-state index contributed by atoms with van der Waals surface area (Å²) in [6.45, 7) is 2.16. The Morgan fingerprint density at radius 1 is 1.50 bits per heavy atom. The molecule has 0 aromatic heterocycles. The van der Waals surface area contributed by atoms with Crippen LogP contribution in [0.4, 0.5) is 0 Å². The Kier molecular flexibility index (Phi) is 2.00. The van der Waals surface area contributed by atoms with Crippen molar-refractivity contribution in [3.05, 3.63) is 29.3 Å². The van der Waals surface area contributed by atoms with E-state index in [0.717, 1.165) is 17.4 Å². The fraction of sp³-hybridized carbons (Fsp3) is 0.182. The molecule has 0 amide bonds. The highest BCUT2D eigenvalue weighted by Crippen LogP contribution is 2.34. The van der Waals surface area contributed by atoms with E-state index in [0.29, 0.717) is 11.3 Å². The molecule has 0 atom stereocenters. The van der Waals surface area contributed by atoms with E-state index in [9.17, 15) is 9.90 Å². The molecule has 14 heavy (non-hydrogen) atoms. The van der Waals surface area contributed by atoms with Crippen molar-refractivity contribution < 1.29 is 14.6 Å². The van der Waals surface area contributed by atoms with Gasteiger partial charge in [-0.25, -0.2) is 0 Å². The van der Waals surface area contributed by atoms with E-state index in [2.05, 4.69) is 0 Å². The topological polar surface area (TPSA) is 46.5 Å². The number of aromatic hydroxyl groups is 1. The molecule has 3 heteroatoms. The number of carbonyl (C=O) groups is 1. The number of carbonyl (C=O) groups excluding carboxylic acids is 1. The van der Waals surface area contributed by atoms with Gasteiger partial charge in [0.2, 0.25) is 0 Å². The summed E-state index contributed by atoms with van der Waals surface area (Å²) in [6, 6.07) is 4.89. The highest BCUT2D eigenvalue weighted by molar-refractivity contribution is 5.90. The second-order valence-corrected chi connectivity index (χ2v) is 3.24. The number of aldehydes is 1. The van der Waals surface area contributed by atoms with Crippen LogP contribution in [0, 0.1) is 0 Å². The molecule has 0 spiro atoms. The van der Waals surface area contributed by atoms with Crippen LogP contribution in [0.1, 0.15) is 12.5 Å². The highest BCUT2D eigenvalue weighted by Gasteiger charge is 2.16. The van der Waals surface area contributed by atoms with Gasteiger partial charge in [-0.05, 0) is 24.6 Å². The first-order valence-electron chi connectivity index (χ1n) is 4.33. The van der Waals surface area contributed by atoms with Gasteiger partial charge in [-0.3, -0.25) is 4.79 Å². The fourth-order valence-electron chi connectivity index (χ4n) is 1.50. The summed E-state index contributed by atoms with van der Waals surface area (Å²) in [5.74, 6) is 0.805. The maximum absolute atomic E-state index is 10.7. The van der Waals surface area contributed by atoms with Crippen molar-refractivity contribution >= 4 is 11.9 Å². The molecule has 1 N–H and O–H groups in total. The van der Waals surface area contributed by atoms with Gasteiger partial charge in [-0.2, -0.15) is 0 Å². The molecule has 1 aromatic carbocycles. The second kappa shape index (κ2) is 3.18. The van der Waals surface area contributed by atoms with Crippen LogP contribution in [0.5, 0.6) is 11.5 Å². The van der Waals surface area contributed by atoms with Crippen LogP contribution in [0.25, 0.3) is 5.57 Å². The van der Waals surface area contributed by atoms with Gasteiger partial charge in [0, 0.05) is 17.2 Å². The first-order valence-corrected chi connectivity index (χ1v) is 4.33. The molecule has 0 saturated heterocycles. The third-order valence-corrected chi connectivity index (χ3v) is 2.38. The predicted octanol–water partition coefficient (Wildman–Crippen LogP) is 1.76. The summed E-state index contributed by atoms with van der Waals surface area (Å²) in [6.07, 6.45) is 0.811. The number of hydrogen-bond acceptors (Lipinski definition) is 3. The second-order valence-electron chi connectivity index (χ2n) is 3.24. The Balaban J connectivity index is 2.58. The van der Waals surface area contributed by atoms with E-state index in [1.165, 1.54) is 0 Å². The molecule has 1 aromatic rings. The Morgan fingerprint density at radius 2 is 2.29 bits per heavy atom.